The lowest BCUT2D eigenvalue weighted by atomic mass is 10.2. The molecule has 0 unspecified atom stereocenters. The van der Waals surface area contributed by atoms with Crippen LogP contribution in [0.3, 0.4) is 0 Å². The van der Waals surface area contributed by atoms with Crippen molar-refractivity contribution < 1.29 is 33.0 Å². The second-order valence-electron chi connectivity index (χ2n) is 6.28. The van der Waals surface area contributed by atoms with E-state index < -0.39 is 17.8 Å². The number of carbonyl (C=O) groups excluding carboxylic acids is 2. The first-order valence-corrected chi connectivity index (χ1v) is 10.6. The summed E-state index contributed by atoms with van der Waals surface area (Å²) in [4.78, 5) is 32.1. The highest BCUT2D eigenvalue weighted by molar-refractivity contribution is 6.25. The van der Waals surface area contributed by atoms with Gasteiger partial charge in [0, 0.05) is 6.08 Å². The summed E-state index contributed by atoms with van der Waals surface area (Å²) < 4.78 is 29.4. The summed E-state index contributed by atoms with van der Waals surface area (Å²) in [5.74, 6) is -1.55. The zero-order valence-corrected chi connectivity index (χ0v) is 17.6. The van der Waals surface area contributed by atoms with E-state index >= 15 is 0 Å². The number of methoxy groups -OCH3 is 1. The van der Waals surface area contributed by atoms with Crippen LogP contribution in [-0.4, -0.2) is 40.2 Å². The van der Waals surface area contributed by atoms with Crippen LogP contribution in [0.4, 0.5) is 4.39 Å². The third-order valence-electron chi connectivity index (χ3n) is 4.06. The summed E-state index contributed by atoms with van der Waals surface area (Å²) in [5.41, 5.74) is 0.691. The molecule has 0 amide bonds. The summed E-state index contributed by atoms with van der Waals surface area (Å²) in [6, 6.07) is 11.2. The average Bonchev–Trinajstić information content (AvgIpc) is 2.76. The summed E-state index contributed by atoms with van der Waals surface area (Å²) >= 11 is 0. The van der Waals surface area contributed by atoms with Gasteiger partial charge in [0.1, 0.15) is 5.75 Å². The van der Waals surface area contributed by atoms with Gasteiger partial charge in [-0.15, -0.1) is 0 Å². The van der Waals surface area contributed by atoms with Gasteiger partial charge >= 0.3 is 11.9 Å². The molecule has 0 spiro atoms. The fraction of sp³-hybridized carbons (Fsp3) is 0.273. The van der Waals surface area contributed by atoms with Crippen molar-refractivity contribution in [3.63, 3.8) is 0 Å². The smallest absolute Gasteiger partial charge is 0.343 e. The number of hydrogen-bond donors (Lipinski definition) is 1. The van der Waals surface area contributed by atoms with Crippen molar-refractivity contribution in [2.75, 3.05) is 13.7 Å². The Morgan fingerprint density at radius 1 is 1.10 bits per heavy atom. The van der Waals surface area contributed by atoms with Gasteiger partial charge in [0.25, 0.3) is 0 Å². The topological polar surface area (TPSA) is 82.1 Å². The maximum Gasteiger partial charge on any atom is 0.343 e. The largest absolute Gasteiger partial charge is 0.494 e. The average molecular weight is 431 g/mol. The first-order chi connectivity index (χ1) is 14.5. The van der Waals surface area contributed by atoms with Gasteiger partial charge in [-0.25, -0.2) is 14.0 Å². The van der Waals surface area contributed by atoms with Gasteiger partial charge in [-0.3, -0.25) is 0 Å². The lowest BCUT2D eigenvalue weighted by Crippen LogP contribution is -2.09. The molecule has 0 bridgehead atoms. The second kappa shape index (κ2) is 12.6. The number of carbonyl (C=O) groups is 2. The molecule has 2 radical (unpaired) electrons. The van der Waals surface area contributed by atoms with Crippen molar-refractivity contribution in [3.8, 4) is 11.5 Å². The van der Waals surface area contributed by atoms with Crippen molar-refractivity contribution in [2.24, 2.45) is 0 Å². The van der Waals surface area contributed by atoms with Crippen molar-refractivity contribution in [1.82, 2.24) is 0 Å². The quantitative estimate of drug-likeness (QED) is 0.192. The predicted octanol–water partition coefficient (Wildman–Crippen LogP) is 3.81. The van der Waals surface area contributed by atoms with Gasteiger partial charge in [-0.1, -0.05) is 18.9 Å². The van der Waals surface area contributed by atoms with Crippen LogP contribution in [0, 0.1) is 5.82 Å². The molecular formula is C22H23FO6Si. The molecule has 2 rings (SSSR count). The minimum Gasteiger partial charge on any atom is -0.494 e. The number of rotatable bonds is 11. The zero-order chi connectivity index (χ0) is 21.8. The summed E-state index contributed by atoms with van der Waals surface area (Å²) in [7, 11) is 1.24. The highest BCUT2D eigenvalue weighted by atomic mass is 28.2. The van der Waals surface area contributed by atoms with E-state index in [1.807, 2.05) is 0 Å². The highest BCUT2D eigenvalue weighted by Crippen LogP contribution is 2.21. The van der Waals surface area contributed by atoms with E-state index in [0.717, 1.165) is 31.4 Å². The summed E-state index contributed by atoms with van der Waals surface area (Å²) in [6.07, 6.45) is 5.41. The first kappa shape index (κ1) is 23.3. The van der Waals surface area contributed by atoms with Gasteiger partial charge in [0.05, 0.1) is 19.3 Å². The zero-order valence-electron chi connectivity index (χ0n) is 16.6. The van der Waals surface area contributed by atoms with Crippen LogP contribution in [0.2, 0.25) is 6.04 Å². The van der Waals surface area contributed by atoms with E-state index in [0.29, 0.717) is 17.9 Å². The fourth-order valence-corrected chi connectivity index (χ4v) is 2.86. The van der Waals surface area contributed by atoms with Crippen LogP contribution >= 0.6 is 0 Å². The van der Waals surface area contributed by atoms with Crippen molar-refractivity contribution in [2.45, 2.75) is 25.3 Å². The summed E-state index contributed by atoms with van der Waals surface area (Å²) in [6.45, 7) is 0.556. The Kier molecular flexibility index (Phi) is 9.76. The molecule has 2 aromatic carbocycles. The van der Waals surface area contributed by atoms with E-state index in [1.54, 1.807) is 24.3 Å². The minimum absolute atomic E-state index is 0.00312. The number of hydrogen-bond acceptors (Lipinski definition) is 6. The third-order valence-corrected chi connectivity index (χ3v) is 4.64. The van der Waals surface area contributed by atoms with Crippen LogP contribution in [0.25, 0.3) is 6.08 Å². The van der Waals surface area contributed by atoms with E-state index in [9.17, 15) is 14.0 Å². The van der Waals surface area contributed by atoms with Crippen LogP contribution in [0.5, 0.6) is 11.5 Å². The molecule has 8 heteroatoms. The van der Waals surface area contributed by atoms with Gasteiger partial charge in [-0.05, 0) is 60.5 Å². The Morgan fingerprint density at radius 3 is 2.53 bits per heavy atom. The molecule has 0 aliphatic heterocycles. The van der Waals surface area contributed by atoms with Crippen LogP contribution < -0.4 is 9.47 Å². The normalized spacial score (nSPS) is 10.8. The molecule has 30 heavy (non-hydrogen) atoms. The molecule has 0 aliphatic carbocycles. The molecule has 0 saturated carbocycles. The SMILES string of the molecule is COC(=O)/C=C/c1ccc(OC(=O)c2ccc(OCCCCC[Si]O)cc2)c(F)c1. The van der Waals surface area contributed by atoms with E-state index in [4.69, 9.17) is 14.3 Å². The molecule has 0 heterocycles. The maximum atomic E-state index is 14.2. The maximum absolute atomic E-state index is 14.2. The number of benzene rings is 2. The van der Waals surface area contributed by atoms with E-state index in [2.05, 4.69) is 4.74 Å². The molecule has 0 saturated heterocycles. The Labute approximate surface area is 177 Å². The Hall–Kier alpha value is -2.97. The molecule has 6 nitrogen and oxygen atoms in total. The van der Waals surface area contributed by atoms with Gasteiger partial charge in [0.2, 0.25) is 9.76 Å². The monoisotopic (exact) mass is 430 g/mol. The van der Waals surface area contributed by atoms with Gasteiger partial charge < -0.3 is 19.0 Å². The number of unbranched alkanes of at least 4 members (excludes halogenated alkanes) is 2. The predicted molar refractivity (Wildman–Crippen MR) is 111 cm³/mol. The van der Waals surface area contributed by atoms with Crippen LogP contribution in [0.15, 0.2) is 48.5 Å². The summed E-state index contributed by atoms with van der Waals surface area (Å²) in [5, 5.41) is 0. The standard InChI is InChI=1S/C22H23FO6Si/c1-27-21(24)12-6-16-5-11-20(19(23)15-16)29-22(25)17-7-9-18(10-8-17)28-13-3-2-4-14-30-26/h5-12,15,26H,2-4,13-14H2,1H3/b12-6+. The highest BCUT2D eigenvalue weighted by Gasteiger charge is 2.12. The van der Waals surface area contributed by atoms with Crippen molar-refractivity contribution in [1.29, 1.82) is 0 Å². The van der Waals surface area contributed by atoms with E-state index in [-0.39, 0.29) is 21.1 Å². The Morgan fingerprint density at radius 2 is 1.87 bits per heavy atom. The molecule has 2 aromatic rings. The Bertz CT molecular complexity index is 866. The molecular weight excluding hydrogens is 407 g/mol. The number of esters is 2. The van der Waals surface area contributed by atoms with Crippen LogP contribution in [-0.2, 0) is 9.53 Å². The third kappa shape index (κ3) is 7.80. The molecule has 0 fully saturated rings. The second-order valence-corrected chi connectivity index (χ2v) is 7.09. The molecule has 158 valence electrons. The molecule has 1 N–H and O–H groups in total. The van der Waals surface area contributed by atoms with Crippen molar-refractivity contribution in [3.05, 3.63) is 65.5 Å². The van der Waals surface area contributed by atoms with Gasteiger partial charge in [0.15, 0.2) is 11.6 Å². The number of ether oxygens (including phenoxy) is 3. The van der Waals surface area contributed by atoms with Crippen molar-refractivity contribution >= 4 is 27.8 Å². The molecule has 0 atom stereocenters. The van der Waals surface area contributed by atoms with E-state index in [1.165, 1.54) is 31.4 Å². The van der Waals surface area contributed by atoms with Gasteiger partial charge in [-0.2, -0.15) is 0 Å². The Balaban J connectivity index is 1.88. The molecule has 0 aromatic heterocycles. The molecule has 0 aliphatic rings. The van der Waals surface area contributed by atoms with Crippen LogP contribution in [0.1, 0.15) is 35.2 Å². The fourth-order valence-electron chi connectivity index (χ4n) is 2.45. The lowest BCUT2D eigenvalue weighted by Gasteiger charge is -2.08. The first-order valence-electron chi connectivity index (χ1n) is 9.41. The number of halogens is 1. The minimum atomic E-state index is -0.725. The lowest BCUT2D eigenvalue weighted by molar-refractivity contribution is -0.134.